The number of carbonyl (C=O) groups excluding carboxylic acids is 3. The number of aromatic hydroxyl groups is 1. The first-order valence-electron chi connectivity index (χ1n) is 10.7. The summed E-state index contributed by atoms with van der Waals surface area (Å²) in [6.07, 6.45) is -0.494. The van der Waals surface area contributed by atoms with Gasteiger partial charge in [-0.25, -0.2) is 0 Å². The van der Waals surface area contributed by atoms with Crippen molar-refractivity contribution in [3.05, 3.63) is 29.8 Å². The van der Waals surface area contributed by atoms with Gasteiger partial charge in [0.1, 0.15) is 23.9 Å². The molecular formula is C22H32N4O8. The Morgan fingerprint density at radius 3 is 1.88 bits per heavy atom. The smallest absolute Gasteiger partial charge is 0.325 e. The van der Waals surface area contributed by atoms with E-state index in [1.165, 1.54) is 31.2 Å². The van der Waals surface area contributed by atoms with Crippen molar-refractivity contribution < 1.29 is 39.3 Å². The minimum atomic E-state index is -1.40. The van der Waals surface area contributed by atoms with Crippen molar-refractivity contribution in [3.8, 4) is 5.75 Å². The highest BCUT2D eigenvalue weighted by atomic mass is 16.4. The first kappa shape index (κ1) is 28.4. The highest BCUT2D eigenvalue weighted by Crippen LogP contribution is 2.12. The number of nitrogens with one attached hydrogen (secondary N) is 3. The van der Waals surface area contributed by atoms with Crippen LogP contribution in [0.1, 0.15) is 39.2 Å². The van der Waals surface area contributed by atoms with Crippen LogP contribution in [0.4, 0.5) is 0 Å². The van der Waals surface area contributed by atoms with Crippen LogP contribution in [0.15, 0.2) is 24.3 Å². The van der Waals surface area contributed by atoms with Crippen LogP contribution in [-0.2, 0) is 30.4 Å². The largest absolute Gasteiger partial charge is 0.508 e. The second kappa shape index (κ2) is 13.1. The second-order valence-corrected chi connectivity index (χ2v) is 8.40. The Hall–Kier alpha value is -3.67. The van der Waals surface area contributed by atoms with Crippen LogP contribution >= 0.6 is 0 Å². The second-order valence-electron chi connectivity index (χ2n) is 8.40. The molecule has 0 aliphatic rings. The molecule has 8 N–H and O–H groups in total. The summed E-state index contributed by atoms with van der Waals surface area (Å²) in [5, 5.41) is 34.6. The topological polar surface area (TPSA) is 208 Å². The van der Waals surface area contributed by atoms with Crippen LogP contribution in [0.5, 0.6) is 5.75 Å². The molecule has 0 heterocycles. The summed E-state index contributed by atoms with van der Waals surface area (Å²) < 4.78 is 0. The van der Waals surface area contributed by atoms with E-state index in [0.29, 0.717) is 5.56 Å². The van der Waals surface area contributed by atoms with Crippen molar-refractivity contribution in [2.75, 3.05) is 0 Å². The Labute approximate surface area is 196 Å². The average molecular weight is 481 g/mol. The molecule has 4 unspecified atom stereocenters. The van der Waals surface area contributed by atoms with Gasteiger partial charge in [-0.2, -0.15) is 0 Å². The van der Waals surface area contributed by atoms with Crippen molar-refractivity contribution in [2.45, 2.75) is 64.2 Å². The zero-order chi connectivity index (χ0) is 26.0. The fourth-order valence-corrected chi connectivity index (χ4v) is 2.99. The highest BCUT2D eigenvalue weighted by molar-refractivity contribution is 5.94. The lowest BCUT2D eigenvalue weighted by Gasteiger charge is -2.25. The fourth-order valence-electron chi connectivity index (χ4n) is 2.99. The molecule has 0 spiro atoms. The fraction of sp³-hybridized carbons (Fsp3) is 0.500. The van der Waals surface area contributed by atoms with E-state index in [2.05, 4.69) is 16.0 Å². The van der Waals surface area contributed by atoms with Gasteiger partial charge in [-0.05, 0) is 37.0 Å². The summed E-state index contributed by atoms with van der Waals surface area (Å²) in [5.74, 6) is -4.88. The highest BCUT2D eigenvalue weighted by Gasteiger charge is 2.30. The summed E-state index contributed by atoms with van der Waals surface area (Å²) in [6, 6.07) is 0.962. The minimum absolute atomic E-state index is 0.00140. The number of aliphatic carboxylic acids is 2. The third-order valence-corrected chi connectivity index (χ3v) is 4.81. The Morgan fingerprint density at radius 1 is 0.853 bits per heavy atom. The standard InChI is InChI=1S/C22H32N4O8/c1-11(2)8-16(20(31)24-12(3)22(33)34)26-21(32)17(9-13-4-6-14(27)7-5-13)25-19(30)15(23)10-18(28)29/h4-7,11-12,15-17,27H,8-10,23H2,1-3H3,(H,24,31)(H,25,30)(H,26,32)(H,28,29)(H,33,34). The molecule has 1 aromatic carbocycles. The van der Waals surface area contributed by atoms with Gasteiger partial charge in [0, 0.05) is 6.42 Å². The van der Waals surface area contributed by atoms with Crippen molar-refractivity contribution >= 4 is 29.7 Å². The number of hydrogen-bond donors (Lipinski definition) is 7. The van der Waals surface area contributed by atoms with Gasteiger partial charge in [-0.3, -0.25) is 24.0 Å². The Kier molecular flexibility index (Phi) is 11.0. The van der Waals surface area contributed by atoms with Crippen molar-refractivity contribution in [3.63, 3.8) is 0 Å². The quantitative estimate of drug-likeness (QED) is 0.191. The van der Waals surface area contributed by atoms with Crippen molar-refractivity contribution in [1.82, 2.24) is 16.0 Å². The molecule has 3 amide bonds. The number of carboxylic acid groups (broad SMARTS) is 2. The number of amides is 3. The Morgan fingerprint density at radius 2 is 1.38 bits per heavy atom. The summed E-state index contributed by atoms with van der Waals surface area (Å²) in [7, 11) is 0. The Bertz CT molecular complexity index is 887. The van der Waals surface area contributed by atoms with E-state index in [4.69, 9.17) is 15.9 Å². The predicted octanol–water partition coefficient (Wildman–Crippen LogP) is -0.658. The van der Waals surface area contributed by atoms with Gasteiger partial charge < -0.3 is 37.0 Å². The maximum absolute atomic E-state index is 13.1. The molecule has 12 nitrogen and oxygen atoms in total. The van der Waals surface area contributed by atoms with Crippen LogP contribution in [0.25, 0.3) is 0 Å². The van der Waals surface area contributed by atoms with E-state index in [1.54, 1.807) is 0 Å². The van der Waals surface area contributed by atoms with Crippen molar-refractivity contribution in [1.29, 1.82) is 0 Å². The number of carboxylic acids is 2. The molecule has 12 heteroatoms. The number of rotatable bonds is 13. The monoisotopic (exact) mass is 480 g/mol. The van der Waals surface area contributed by atoms with Crippen LogP contribution in [0, 0.1) is 5.92 Å². The van der Waals surface area contributed by atoms with Gasteiger partial charge >= 0.3 is 11.9 Å². The van der Waals surface area contributed by atoms with Gasteiger partial charge in [0.2, 0.25) is 17.7 Å². The van der Waals surface area contributed by atoms with E-state index < -0.39 is 60.2 Å². The summed E-state index contributed by atoms with van der Waals surface area (Å²) in [5.41, 5.74) is 6.17. The molecular weight excluding hydrogens is 448 g/mol. The molecule has 0 fully saturated rings. The van der Waals surface area contributed by atoms with E-state index in [9.17, 15) is 29.1 Å². The van der Waals surface area contributed by atoms with E-state index in [1.807, 2.05) is 13.8 Å². The van der Waals surface area contributed by atoms with E-state index in [0.717, 1.165) is 0 Å². The minimum Gasteiger partial charge on any atom is -0.508 e. The lowest BCUT2D eigenvalue weighted by molar-refractivity contribution is -0.141. The number of benzene rings is 1. The summed E-state index contributed by atoms with van der Waals surface area (Å²) >= 11 is 0. The molecule has 0 aliphatic carbocycles. The van der Waals surface area contributed by atoms with Gasteiger partial charge in [0.15, 0.2) is 0 Å². The molecule has 0 aromatic heterocycles. The SMILES string of the molecule is CC(C)CC(NC(=O)C(Cc1ccc(O)cc1)NC(=O)C(N)CC(=O)O)C(=O)NC(C)C(=O)O. The molecule has 1 aromatic rings. The molecule has 0 bridgehead atoms. The van der Waals surface area contributed by atoms with Crippen molar-refractivity contribution in [2.24, 2.45) is 11.7 Å². The van der Waals surface area contributed by atoms with Crippen LogP contribution in [0.3, 0.4) is 0 Å². The third-order valence-electron chi connectivity index (χ3n) is 4.81. The van der Waals surface area contributed by atoms with Gasteiger partial charge in [-0.1, -0.05) is 26.0 Å². The van der Waals surface area contributed by atoms with E-state index in [-0.39, 0.29) is 24.5 Å². The van der Waals surface area contributed by atoms with Gasteiger partial charge in [0.25, 0.3) is 0 Å². The number of carbonyl (C=O) groups is 5. The maximum atomic E-state index is 13.1. The molecule has 0 aliphatic heterocycles. The predicted molar refractivity (Wildman–Crippen MR) is 121 cm³/mol. The summed E-state index contributed by atoms with van der Waals surface area (Å²) in [6.45, 7) is 4.91. The number of hydrogen-bond acceptors (Lipinski definition) is 7. The molecule has 0 saturated carbocycles. The van der Waals surface area contributed by atoms with Crippen LogP contribution in [-0.4, -0.2) is 69.1 Å². The molecule has 188 valence electrons. The zero-order valence-electron chi connectivity index (χ0n) is 19.3. The molecule has 0 radical (unpaired) electrons. The third kappa shape index (κ3) is 9.86. The zero-order valence-corrected chi connectivity index (χ0v) is 19.3. The number of phenols is 1. The van der Waals surface area contributed by atoms with Crippen LogP contribution in [0.2, 0.25) is 0 Å². The number of nitrogens with two attached hydrogens (primary N) is 1. The van der Waals surface area contributed by atoms with Gasteiger partial charge in [-0.15, -0.1) is 0 Å². The lowest BCUT2D eigenvalue weighted by atomic mass is 10.0. The normalized spacial score (nSPS) is 14.4. The molecule has 0 saturated heterocycles. The Balaban J connectivity index is 3.10. The lowest BCUT2D eigenvalue weighted by Crippen LogP contribution is -2.57. The maximum Gasteiger partial charge on any atom is 0.325 e. The van der Waals surface area contributed by atoms with Crippen LogP contribution < -0.4 is 21.7 Å². The number of phenolic OH excluding ortho intramolecular Hbond substituents is 1. The average Bonchev–Trinajstić information content (AvgIpc) is 2.73. The molecule has 4 atom stereocenters. The molecule has 1 rings (SSSR count). The first-order valence-corrected chi connectivity index (χ1v) is 10.7. The molecule has 34 heavy (non-hydrogen) atoms. The summed E-state index contributed by atoms with van der Waals surface area (Å²) in [4.78, 5) is 60.0. The first-order chi connectivity index (χ1) is 15.8. The van der Waals surface area contributed by atoms with E-state index >= 15 is 0 Å². The van der Waals surface area contributed by atoms with Gasteiger partial charge in [0.05, 0.1) is 12.5 Å².